The van der Waals surface area contributed by atoms with Crippen molar-refractivity contribution in [3.63, 3.8) is 0 Å². The average Bonchev–Trinajstić information content (AvgIpc) is 2.93. The highest BCUT2D eigenvalue weighted by Gasteiger charge is 2.21. The Bertz CT molecular complexity index is 1890. The van der Waals surface area contributed by atoms with Crippen LogP contribution in [0.4, 0.5) is 26.0 Å². The highest BCUT2D eigenvalue weighted by atomic mass is 32.2. The SMILES string of the molecule is CC(C)Nc1ncc(-c2cc(N)cc(NS(=O)(=O)c3ccc(F)cc3F)c2)n(CC(=O)NCc2ccc(C(=N)N)cc2)c1=O. The van der Waals surface area contributed by atoms with Gasteiger partial charge in [0.15, 0.2) is 5.82 Å². The van der Waals surface area contributed by atoms with Crippen molar-refractivity contribution in [1.29, 1.82) is 5.41 Å². The van der Waals surface area contributed by atoms with Gasteiger partial charge in [0.2, 0.25) is 5.91 Å². The van der Waals surface area contributed by atoms with Crippen molar-refractivity contribution in [1.82, 2.24) is 14.9 Å². The third-order valence-corrected chi connectivity index (χ3v) is 7.64. The summed E-state index contributed by atoms with van der Waals surface area (Å²) in [6, 6.07) is 12.7. The van der Waals surface area contributed by atoms with E-state index in [0.29, 0.717) is 11.6 Å². The second-order valence-corrected chi connectivity index (χ2v) is 11.7. The molecule has 0 unspecified atom stereocenters. The minimum absolute atomic E-state index is 0.00649. The molecule has 230 valence electrons. The van der Waals surface area contributed by atoms with E-state index in [1.165, 1.54) is 29.0 Å². The molecule has 1 aromatic heterocycles. The molecule has 3 aromatic carbocycles. The number of hydrogen-bond acceptors (Lipinski definition) is 8. The lowest BCUT2D eigenvalue weighted by molar-refractivity contribution is -0.121. The summed E-state index contributed by atoms with van der Waals surface area (Å²) in [4.78, 5) is 29.9. The molecule has 0 aliphatic carbocycles. The van der Waals surface area contributed by atoms with E-state index >= 15 is 0 Å². The van der Waals surface area contributed by atoms with Crippen LogP contribution in [0, 0.1) is 17.0 Å². The Kier molecular flexibility index (Phi) is 9.28. The molecule has 4 aromatic rings. The second-order valence-electron chi connectivity index (χ2n) is 10.1. The predicted octanol–water partition coefficient (Wildman–Crippen LogP) is 2.99. The Balaban J connectivity index is 1.67. The van der Waals surface area contributed by atoms with Gasteiger partial charge in [-0.25, -0.2) is 22.2 Å². The summed E-state index contributed by atoms with van der Waals surface area (Å²) in [5, 5.41) is 13.2. The van der Waals surface area contributed by atoms with Crippen LogP contribution in [0.2, 0.25) is 0 Å². The zero-order chi connectivity index (χ0) is 32.2. The monoisotopic (exact) mass is 624 g/mol. The molecule has 1 amide bonds. The fourth-order valence-electron chi connectivity index (χ4n) is 4.21. The van der Waals surface area contributed by atoms with Crippen molar-refractivity contribution >= 4 is 39.0 Å². The number of nitrogen functional groups attached to an aromatic ring is 2. The minimum atomic E-state index is -4.50. The maximum absolute atomic E-state index is 14.3. The predicted molar refractivity (Wildman–Crippen MR) is 164 cm³/mol. The van der Waals surface area contributed by atoms with E-state index in [1.54, 1.807) is 24.3 Å². The number of carbonyl (C=O) groups is 1. The number of anilines is 3. The van der Waals surface area contributed by atoms with Gasteiger partial charge in [0, 0.05) is 35.5 Å². The summed E-state index contributed by atoms with van der Waals surface area (Å²) in [5.74, 6) is -2.83. The first-order valence-electron chi connectivity index (χ1n) is 13.2. The van der Waals surface area contributed by atoms with E-state index in [1.807, 2.05) is 13.8 Å². The number of nitrogens with one attached hydrogen (secondary N) is 4. The van der Waals surface area contributed by atoms with Crippen LogP contribution in [0.25, 0.3) is 11.3 Å². The van der Waals surface area contributed by atoms with Crippen LogP contribution in [-0.4, -0.2) is 35.8 Å². The highest BCUT2D eigenvalue weighted by molar-refractivity contribution is 7.92. The number of nitrogens with two attached hydrogens (primary N) is 2. The van der Waals surface area contributed by atoms with Crippen molar-refractivity contribution in [2.45, 2.75) is 37.9 Å². The summed E-state index contributed by atoms with van der Waals surface area (Å²) in [5.41, 5.74) is 12.6. The largest absolute Gasteiger partial charge is 0.399 e. The number of halogens is 2. The summed E-state index contributed by atoms with van der Waals surface area (Å²) in [7, 11) is -4.50. The van der Waals surface area contributed by atoms with Crippen molar-refractivity contribution < 1.29 is 22.0 Å². The van der Waals surface area contributed by atoms with Gasteiger partial charge in [0.1, 0.15) is 28.9 Å². The lowest BCUT2D eigenvalue weighted by atomic mass is 10.1. The molecule has 0 spiro atoms. The van der Waals surface area contributed by atoms with E-state index < -0.39 is 44.6 Å². The van der Waals surface area contributed by atoms with Crippen LogP contribution in [-0.2, 0) is 27.9 Å². The van der Waals surface area contributed by atoms with Gasteiger partial charge in [-0.2, -0.15) is 0 Å². The quantitative estimate of drug-likeness (QED) is 0.0831. The molecule has 0 atom stereocenters. The zero-order valence-corrected chi connectivity index (χ0v) is 24.5. The Labute approximate surface area is 251 Å². The molecule has 0 saturated carbocycles. The second kappa shape index (κ2) is 12.9. The molecule has 0 bridgehead atoms. The summed E-state index contributed by atoms with van der Waals surface area (Å²) < 4.78 is 56.8. The number of nitrogens with zero attached hydrogens (tertiary/aromatic N) is 2. The van der Waals surface area contributed by atoms with Crippen LogP contribution < -0.4 is 32.4 Å². The highest BCUT2D eigenvalue weighted by Crippen LogP contribution is 2.28. The van der Waals surface area contributed by atoms with Gasteiger partial charge in [0.25, 0.3) is 15.6 Å². The summed E-state index contributed by atoms with van der Waals surface area (Å²) in [6.07, 6.45) is 1.34. The van der Waals surface area contributed by atoms with Crippen LogP contribution in [0.1, 0.15) is 25.0 Å². The van der Waals surface area contributed by atoms with E-state index in [2.05, 4.69) is 20.3 Å². The summed E-state index contributed by atoms with van der Waals surface area (Å²) >= 11 is 0. The molecule has 12 nitrogen and oxygen atoms in total. The average molecular weight is 625 g/mol. The number of sulfonamides is 1. The van der Waals surface area contributed by atoms with Crippen LogP contribution in [0.3, 0.4) is 0 Å². The molecule has 15 heteroatoms. The topological polar surface area (TPSA) is 198 Å². The first-order chi connectivity index (χ1) is 20.7. The van der Waals surface area contributed by atoms with Crippen molar-refractivity contribution in [3.05, 3.63) is 100.0 Å². The third kappa shape index (κ3) is 7.55. The smallest absolute Gasteiger partial charge is 0.294 e. The zero-order valence-electron chi connectivity index (χ0n) is 23.7. The van der Waals surface area contributed by atoms with Crippen molar-refractivity contribution in [2.24, 2.45) is 5.73 Å². The number of hydrogen-bond donors (Lipinski definition) is 6. The van der Waals surface area contributed by atoms with Gasteiger partial charge >= 0.3 is 0 Å². The normalized spacial score (nSPS) is 11.3. The Hall–Kier alpha value is -5.31. The molecule has 0 aliphatic heterocycles. The van der Waals surface area contributed by atoms with Crippen LogP contribution in [0.5, 0.6) is 0 Å². The molecule has 0 fully saturated rings. The fraction of sp³-hybridized carbons (Fsp3) is 0.172. The molecular weight excluding hydrogens is 594 g/mol. The van der Waals surface area contributed by atoms with E-state index in [9.17, 15) is 26.8 Å². The Morgan fingerprint density at radius 3 is 2.41 bits per heavy atom. The molecule has 8 N–H and O–H groups in total. The number of aromatic nitrogens is 2. The van der Waals surface area contributed by atoms with E-state index in [0.717, 1.165) is 17.7 Å². The maximum Gasteiger partial charge on any atom is 0.294 e. The van der Waals surface area contributed by atoms with Gasteiger partial charge in [-0.3, -0.25) is 24.3 Å². The number of carbonyl (C=O) groups excluding carboxylic acids is 1. The molecule has 0 aliphatic rings. The fourth-order valence-corrected chi connectivity index (χ4v) is 5.31. The van der Waals surface area contributed by atoms with E-state index in [-0.39, 0.29) is 46.9 Å². The molecule has 0 saturated heterocycles. The standard InChI is InChI=1S/C29H30F2N8O4S/c1-16(2)37-28-29(41)39(15-26(40)35-13-17-3-5-18(6-4-17)27(33)34)24(14-36-28)19-9-21(32)12-22(10-19)38-44(42,43)25-8-7-20(30)11-23(25)31/h3-12,14,16,38H,13,15,32H2,1-2H3,(H3,33,34)(H,35,40)(H,36,37). The van der Waals surface area contributed by atoms with E-state index in [4.69, 9.17) is 16.9 Å². The van der Waals surface area contributed by atoms with Gasteiger partial charge in [-0.05, 0) is 49.7 Å². The maximum atomic E-state index is 14.3. The molecule has 0 radical (unpaired) electrons. The third-order valence-electron chi connectivity index (χ3n) is 6.22. The number of benzene rings is 3. The van der Waals surface area contributed by atoms with Gasteiger partial charge < -0.3 is 22.1 Å². The number of amidine groups is 1. The molecule has 44 heavy (non-hydrogen) atoms. The Morgan fingerprint density at radius 2 is 1.77 bits per heavy atom. The van der Waals surface area contributed by atoms with Crippen LogP contribution >= 0.6 is 0 Å². The minimum Gasteiger partial charge on any atom is -0.399 e. The lowest BCUT2D eigenvalue weighted by Gasteiger charge is -2.17. The molecule has 4 rings (SSSR count). The lowest BCUT2D eigenvalue weighted by Crippen LogP contribution is -2.35. The van der Waals surface area contributed by atoms with Gasteiger partial charge in [-0.15, -0.1) is 0 Å². The van der Waals surface area contributed by atoms with Crippen molar-refractivity contribution in [2.75, 3.05) is 15.8 Å². The number of amides is 1. The first-order valence-corrected chi connectivity index (χ1v) is 14.7. The Morgan fingerprint density at radius 1 is 1.07 bits per heavy atom. The van der Waals surface area contributed by atoms with Gasteiger partial charge in [-0.1, -0.05) is 24.3 Å². The summed E-state index contributed by atoms with van der Waals surface area (Å²) in [6.45, 7) is 3.33. The van der Waals surface area contributed by atoms with Crippen LogP contribution in [0.15, 0.2) is 76.6 Å². The number of rotatable bonds is 11. The molecular formula is C29H30F2N8O4S. The first kappa shape index (κ1) is 31.6. The molecule has 1 heterocycles. The van der Waals surface area contributed by atoms with Gasteiger partial charge in [0.05, 0.1) is 17.6 Å². The van der Waals surface area contributed by atoms with Crippen molar-refractivity contribution in [3.8, 4) is 11.3 Å².